The van der Waals surface area contributed by atoms with Gasteiger partial charge in [0.1, 0.15) is 19.1 Å². The average Bonchev–Trinajstić information content (AvgIpc) is 3.39. The molecule has 1 amide bonds. The zero-order valence-corrected chi connectivity index (χ0v) is 19.8. The normalized spacial score (nSPS) is 15.8. The molecule has 1 aliphatic rings. The van der Waals surface area contributed by atoms with E-state index in [9.17, 15) is 13.2 Å². The summed E-state index contributed by atoms with van der Waals surface area (Å²) in [5, 5.41) is 5.05. The molecule has 0 bridgehead atoms. The highest BCUT2D eigenvalue weighted by Crippen LogP contribution is 2.17. The molecule has 0 spiro atoms. The predicted molar refractivity (Wildman–Crippen MR) is 128 cm³/mol. The summed E-state index contributed by atoms with van der Waals surface area (Å²) in [5.74, 6) is -0.288. The molecule has 174 valence electrons. The fourth-order valence-corrected chi connectivity index (χ4v) is 5.83. The molecule has 9 heteroatoms. The summed E-state index contributed by atoms with van der Waals surface area (Å²) >= 11 is 1.68. The smallest absolute Gasteiger partial charge is 0.251 e. The number of carbonyl (C=O) groups is 1. The summed E-state index contributed by atoms with van der Waals surface area (Å²) < 4.78 is 33.6. The van der Waals surface area contributed by atoms with E-state index in [1.54, 1.807) is 23.5 Å². The van der Waals surface area contributed by atoms with Gasteiger partial charge in [-0.3, -0.25) is 4.79 Å². The first-order valence-corrected chi connectivity index (χ1v) is 13.3. The van der Waals surface area contributed by atoms with Crippen molar-refractivity contribution in [3.8, 4) is 0 Å². The number of thiophene rings is 1. The molecular formula is C24H28N3O4S2+. The van der Waals surface area contributed by atoms with Crippen molar-refractivity contribution in [3.05, 3.63) is 88.1 Å². The predicted octanol–water partition coefficient (Wildman–Crippen LogP) is 1.61. The van der Waals surface area contributed by atoms with Gasteiger partial charge in [0.25, 0.3) is 5.91 Å². The number of quaternary nitrogens is 1. The number of hydrogen-bond acceptors (Lipinski definition) is 5. The van der Waals surface area contributed by atoms with Crippen LogP contribution < -0.4 is 14.9 Å². The van der Waals surface area contributed by atoms with E-state index in [-0.39, 0.29) is 23.4 Å². The lowest BCUT2D eigenvalue weighted by molar-refractivity contribution is -0.937. The second kappa shape index (κ2) is 11.0. The Balaban J connectivity index is 1.42. The lowest BCUT2D eigenvalue weighted by atomic mass is 10.1. The van der Waals surface area contributed by atoms with Crippen LogP contribution in [0.3, 0.4) is 0 Å². The molecule has 2 aromatic carbocycles. The summed E-state index contributed by atoms with van der Waals surface area (Å²) in [6, 6.07) is 19.7. The maximum absolute atomic E-state index is 12.9. The molecule has 33 heavy (non-hydrogen) atoms. The number of carbonyl (C=O) groups excluding carboxylic acids is 1. The van der Waals surface area contributed by atoms with Gasteiger partial charge in [0.05, 0.1) is 29.5 Å². The molecular weight excluding hydrogens is 458 g/mol. The minimum atomic E-state index is -3.74. The van der Waals surface area contributed by atoms with E-state index in [1.807, 2.05) is 41.8 Å². The van der Waals surface area contributed by atoms with Crippen molar-refractivity contribution >= 4 is 27.3 Å². The largest absolute Gasteiger partial charge is 0.370 e. The van der Waals surface area contributed by atoms with Crippen molar-refractivity contribution in [2.45, 2.75) is 17.5 Å². The first-order chi connectivity index (χ1) is 16.0. The van der Waals surface area contributed by atoms with Crippen LogP contribution in [0.1, 0.15) is 26.8 Å². The maximum Gasteiger partial charge on any atom is 0.251 e. The van der Waals surface area contributed by atoms with Gasteiger partial charge in [-0.1, -0.05) is 42.5 Å². The number of sulfonamides is 1. The quantitative estimate of drug-likeness (QED) is 0.429. The van der Waals surface area contributed by atoms with Crippen molar-refractivity contribution in [2.75, 3.05) is 32.8 Å². The zero-order chi connectivity index (χ0) is 23.1. The maximum atomic E-state index is 12.9. The van der Waals surface area contributed by atoms with Crippen molar-refractivity contribution in [1.82, 2.24) is 10.0 Å². The molecule has 3 aromatic rings. The van der Waals surface area contributed by atoms with E-state index < -0.39 is 10.0 Å². The molecule has 4 rings (SSSR count). The Labute approximate surface area is 198 Å². The van der Waals surface area contributed by atoms with Gasteiger partial charge in [0, 0.05) is 12.1 Å². The van der Waals surface area contributed by atoms with Crippen molar-refractivity contribution in [2.24, 2.45) is 0 Å². The van der Waals surface area contributed by atoms with E-state index in [0.29, 0.717) is 25.3 Å². The van der Waals surface area contributed by atoms with E-state index in [0.717, 1.165) is 18.7 Å². The van der Waals surface area contributed by atoms with E-state index in [2.05, 4.69) is 16.1 Å². The average molecular weight is 487 g/mol. The Morgan fingerprint density at radius 1 is 1.03 bits per heavy atom. The second-order valence-corrected chi connectivity index (χ2v) is 10.6. The molecule has 1 aliphatic heterocycles. The second-order valence-electron chi connectivity index (χ2n) is 7.89. The molecule has 0 unspecified atom stereocenters. The highest BCUT2D eigenvalue weighted by atomic mass is 32.2. The first kappa shape index (κ1) is 23.6. The molecule has 7 nitrogen and oxygen atoms in total. The number of rotatable bonds is 9. The lowest BCUT2D eigenvalue weighted by Gasteiger charge is -2.31. The van der Waals surface area contributed by atoms with E-state index in [1.165, 1.54) is 21.9 Å². The minimum Gasteiger partial charge on any atom is -0.370 e. The number of ether oxygens (including phenoxy) is 1. The first-order valence-electron chi connectivity index (χ1n) is 10.9. The third-order valence-corrected chi connectivity index (χ3v) is 8.08. The van der Waals surface area contributed by atoms with Crippen LogP contribution in [0.4, 0.5) is 0 Å². The standard InChI is InChI=1S/C24H27N3O4S2/c28-24(25-18-22(23-10-5-15-32-23)27-11-13-31-14-12-27)20-8-4-9-21(16-20)33(29,30)26-17-19-6-2-1-3-7-19/h1-10,15-16,22,26H,11-14,17-18H2,(H,25,28)/p+1/t22-/m0/s1. The molecule has 0 aliphatic carbocycles. The highest BCUT2D eigenvalue weighted by Gasteiger charge is 2.28. The van der Waals surface area contributed by atoms with Crippen LogP contribution in [0.2, 0.25) is 0 Å². The van der Waals surface area contributed by atoms with Crippen LogP contribution in [-0.4, -0.2) is 47.2 Å². The van der Waals surface area contributed by atoms with Crippen molar-refractivity contribution in [3.63, 3.8) is 0 Å². The molecule has 1 saturated heterocycles. The van der Waals surface area contributed by atoms with Gasteiger partial charge in [-0.2, -0.15) is 0 Å². The molecule has 0 saturated carbocycles. The molecule has 1 fully saturated rings. The summed E-state index contributed by atoms with van der Waals surface area (Å²) in [6.07, 6.45) is 0. The summed E-state index contributed by atoms with van der Waals surface area (Å²) in [5.41, 5.74) is 1.18. The van der Waals surface area contributed by atoms with Crippen molar-refractivity contribution in [1.29, 1.82) is 0 Å². The molecule has 1 aromatic heterocycles. The number of hydrogen-bond donors (Lipinski definition) is 3. The molecule has 3 N–H and O–H groups in total. The Hall–Kier alpha value is -2.56. The van der Waals surface area contributed by atoms with Crippen LogP contribution in [0.15, 0.2) is 77.0 Å². The molecule has 2 heterocycles. The van der Waals surface area contributed by atoms with Gasteiger partial charge in [-0.05, 0) is 35.2 Å². The third-order valence-electron chi connectivity index (χ3n) is 5.70. The van der Waals surface area contributed by atoms with E-state index >= 15 is 0 Å². The third kappa shape index (κ3) is 6.27. The number of nitrogens with one attached hydrogen (secondary N) is 3. The van der Waals surface area contributed by atoms with Gasteiger partial charge in [-0.25, -0.2) is 13.1 Å². The zero-order valence-electron chi connectivity index (χ0n) is 18.2. The molecule has 1 atom stereocenters. The highest BCUT2D eigenvalue weighted by molar-refractivity contribution is 7.89. The molecule has 0 radical (unpaired) electrons. The number of morpholine rings is 1. The Kier molecular flexibility index (Phi) is 7.89. The topological polar surface area (TPSA) is 88.9 Å². The fourth-order valence-electron chi connectivity index (χ4n) is 3.88. The van der Waals surface area contributed by atoms with Crippen LogP contribution in [-0.2, 0) is 21.3 Å². The van der Waals surface area contributed by atoms with Gasteiger partial charge >= 0.3 is 0 Å². The summed E-state index contributed by atoms with van der Waals surface area (Å²) in [4.78, 5) is 15.6. The lowest BCUT2D eigenvalue weighted by Crippen LogP contribution is -3.15. The van der Waals surface area contributed by atoms with Gasteiger partial charge in [0.2, 0.25) is 10.0 Å². The van der Waals surface area contributed by atoms with Crippen LogP contribution in [0.5, 0.6) is 0 Å². The van der Waals surface area contributed by atoms with Crippen LogP contribution >= 0.6 is 11.3 Å². The van der Waals surface area contributed by atoms with Crippen molar-refractivity contribution < 1.29 is 22.8 Å². The minimum absolute atomic E-state index is 0.0692. The van der Waals surface area contributed by atoms with Gasteiger partial charge in [0.15, 0.2) is 0 Å². The summed E-state index contributed by atoms with van der Waals surface area (Å²) in [7, 11) is -3.74. The Morgan fingerprint density at radius 3 is 2.55 bits per heavy atom. The monoisotopic (exact) mass is 486 g/mol. The van der Waals surface area contributed by atoms with E-state index in [4.69, 9.17) is 4.74 Å². The Bertz CT molecular complexity index is 1150. The SMILES string of the molecule is O=C(NC[C@@H](c1cccs1)[NH+]1CCOCC1)c1cccc(S(=O)(=O)NCc2ccccc2)c1. The Morgan fingerprint density at radius 2 is 1.82 bits per heavy atom. The van der Waals surface area contributed by atoms with Crippen LogP contribution in [0.25, 0.3) is 0 Å². The van der Waals surface area contributed by atoms with Gasteiger partial charge in [-0.15, -0.1) is 11.3 Å². The number of benzene rings is 2. The number of amides is 1. The van der Waals surface area contributed by atoms with Crippen LogP contribution in [0, 0.1) is 0 Å². The summed E-state index contributed by atoms with van der Waals surface area (Å²) in [6.45, 7) is 3.85. The fraction of sp³-hybridized carbons (Fsp3) is 0.292. The van der Waals surface area contributed by atoms with Gasteiger partial charge < -0.3 is 15.0 Å².